The van der Waals surface area contributed by atoms with Crippen LogP contribution < -0.4 is 5.32 Å². The fourth-order valence-corrected chi connectivity index (χ4v) is 3.47. The molecule has 1 heterocycles. The molecule has 1 aromatic rings. The van der Waals surface area contributed by atoms with Crippen LogP contribution in [0.15, 0.2) is 27.6 Å². The minimum atomic E-state index is 0.640. The van der Waals surface area contributed by atoms with Crippen LogP contribution in [-0.2, 0) is 11.3 Å². The third-order valence-electron chi connectivity index (χ3n) is 3.07. The van der Waals surface area contributed by atoms with Gasteiger partial charge in [0.1, 0.15) is 0 Å². The molecule has 2 aliphatic rings. The van der Waals surface area contributed by atoms with E-state index in [0.29, 0.717) is 5.25 Å². The van der Waals surface area contributed by atoms with Crippen molar-refractivity contribution in [2.75, 3.05) is 13.2 Å². The molecule has 0 aromatic heterocycles. The standard InChI is InChI=1S/C13H16BrNOS/c14-12-5-9(6-15-10-2-3-10)1-4-13(12)17-11-7-16-8-11/h1,4-5,10-11,15H,2-3,6-8H2. The molecular formula is C13H16BrNOS. The average Bonchev–Trinajstić information content (AvgIpc) is 3.06. The zero-order valence-corrected chi connectivity index (χ0v) is 12.0. The molecule has 1 saturated heterocycles. The molecular weight excluding hydrogens is 298 g/mol. The third-order valence-corrected chi connectivity index (χ3v) is 5.20. The Hall–Kier alpha value is -0.0300. The Morgan fingerprint density at radius 2 is 2.18 bits per heavy atom. The quantitative estimate of drug-likeness (QED) is 0.902. The van der Waals surface area contributed by atoms with E-state index >= 15 is 0 Å². The fourth-order valence-electron chi connectivity index (χ4n) is 1.76. The van der Waals surface area contributed by atoms with Gasteiger partial charge < -0.3 is 10.1 Å². The predicted octanol–water partition coefficient (Wildman–Crippen LogP) is 3.19. The lowest BCUT2D eigenvalue weighted by atomic mass is 10.2. The summed E-state index contributed by atoms with van der Waals surface area (Å²) in [7, 11) is 0. The van der Waals surface area contributed by atoms with Crippen molar-refractivity contribution >= 4 is 27.7 Å². The monoisotopic (exact) mass is 313 g/mol. The molecule has 1 aliphatic heterocycles. The Kier molecular flexibility index (Phi) is 3.75. The van der Waals surface area contributed by atoms with Crippen LogP contribution in [0.25, 0.3) is 0 Å². The molecule has 17 heavy (non-hydrogen) atoms. The highest BCUT2D eigenvalue weighted by Crippen LogP contribution is 2.34. The summed E-state index contributed by atoms with van der Waals surface area (Å²) in [6.07, 6.45) is 2.69. The van der Waals surface area contributed by atoms with Gasteiger partial charge >= 0.3 is 0 Å². The minimum Gasteiger partial charge on any atom is -0.379 e. The summed E-state index contributed by atoms with van der Waals surface area (Å²) >= 11 is 5.57. The number of rotatable bonds is 5. The van der Waals surface area contributed by atoms with E-state index in [4.69, 9.17) is 4.74 Å². The van der Waals surface area contributed by atoms with Gasteiger partial charge in [-0.25, -0.2) is 0 Å². The maximum Gasteiger partial charge on any atom is 0.0611 e. The van der Waals surface area contributed by atoms with Crippen molar-refractivity contribution in [2.24, 2.45) is 0 Å². The van der Waals surface area contributed by atoms with Gasteiger partial charge in [0.15, 0.2) is 0 Å². The molecule has 2 fully saturated rings. The van der Waals surface area contributed by atoms with Crippen molar-refractivity contribution in [3.8, 4) is 0 Å². The second kappa shape index (κ2) is 5.31. The molecule has 0 bridgehead atoms. The maximum atomic E-state index is 5.20. The van der Waals surface area contributed by atoms with E-state index in [9.17, 15) is 0 Å². The van der Waals surface area contributed by atoms with Crippen molar-refractivity contribution in [1.82, 2.24) is 5.32 Å². The smallest absolute Gasteiger partial charge is 0.0611 e. The number of hydrogen-bond donors (Lipinski definition) is 1. The van der Waals surface area contributed by atoms with E-state index in [1.807, 2.05) is 11.8 Å². The second-order valence-electron chi connectivity index (χ2n) is 4.70. The summed E-state index contributed by atoms with van der Waals surface area (Å²) in [5.41, 5.74) is 1.36. The van der Waals surface area contributed by atoms with E-state index < -0.39 is 0 Å². The lowest BCUT2D eigenvalue weighted by Crippen LogP contribution is -2.30. The van der Waals surface area contributed by atoms with Gasteiger partial charge in [0.05, 0.1) is 18.5 Å². The highest BCUT2D eigenvalue weighted by molar-refractivity contribution is 9.10. The summed E-state index contributed by atoms with van der Waals surface area (Å²) in [5, 5.41) is 4.18. The van der Waals surface area contributed by atoms with Crippen molar-refractivity contribution in [3.63, 3.8) is 0 Å². The molecule has 0 amide bonds. The van der Waals surface area contributed by atoms with E-state index in [0.717, 1.165) is 25.8 Å². The number of benzene rings is 1. The molecule has 0 unspecified atom stereocenters. The molecule has 1 aromatic carbocycles. The lowest BCUT2D eigenvalue weighted by Gasteiger charge is -2.25. The van der Waals surface area contributed by atoms with Crippen molar-refractivity contribution < 1.29 is 4.74 Å². The summed E-state index contributed by atoms with van der Waals surface area (Å²) < 4.78 is 6.41. The lowest BCUT2D eigenvalue weighted by molar-refractivity contribution is 0.0455. The molecule has 0 radical (unpaired) electrons. The third kappa shape index (κ3) is 3.25. The molecule has 0 atom stereocenters. The summed E-state index contributed by atoms with van der Waals surface area (Å²) in [6, 6.07) is 7.45. The molecule has 92 valence electrons. The minimum absolute atomic E-state index is 0.640. The predicted molar refractivity (Wildman–Crippen MR) is 74.5 cm³/mol. The first-order valence-electron chi connectivity index (χ1n) is 6.07. The van der Waals surface area contributed by atoms with Crippen molar-refractivity contribution in [3.05, 3.63) is 28.2 Å². The van der Waals surface area contributed by atoms with Crippen LogP contribution in [0, 0.1) is 0 Å². The van der Waals surface area contributed by atoms with Gasteiger partial charge in [-0.05, 0) is 46.5 Å². The van der Waals surface area contributed by atoms with Crippen LogP contribution in [0.1, 0.15) is 18.4 Å². The topological polar surface area (TPSA) is 21.3 Å². The summed E-state index contributed by atoms with van der Waals surface area (Å²) in [4.78, 5) is 1.33. The first-order valence-corrected chi connectivity index (χ1v) is 7.75. The maximum absolute atomic E-state index is 5.20. The highest BCUT2D eigenvalue weighted by atomic mass is 79.9. The largest absolute Gasteiger partial charge is 0.379 e. The first-order chi connectivity index (χ1) is 8.31. The fraction of sp³-hybridized carbons (Fsp3) is 0.538. The van der Waals surface area contributed by atoms with Gasteiger partial charge in [-0.15, -0.1) is 11.8 Å². The zero-order chi connectivity index (χ0) is 11.7. The van der Waals surface area contributed by atoms with Crippen molar-refractivity contribution in [1.29, 1.82) is 0 Å². The molecule has 1 saturated carbocycles. The van der Waals surface area contributed by atoms with E-state index in [1.54, 1.807) is 0 Å². The van der Waals surface area contributed by atoms with E-state index in [1.165, 1.54) is 27.8 Å². The number of thioether (sulfide) groups is 1. The number of nitrogens with one attached hydrogen (secondary N) is 1. The average molecular weight is 314 g/mol. The number of ether oxygens (including phenoxy) is 1. The van der Waals surface area contributed by atoms with Crippen LogP contribution in [0.3, 0.4) is 0 Å². The van der Waals surface area contributed by atoms with E-state index in [2.05, 4.69) is 39.4 Å². The highest BCUT2D eigenvalue weighted by Gasteiger charge is 2.21. The Balaban J connectivity index is 1.60. The van der Waals surface area contributed by atoms with Crippen molar-refractivity contribution in [2.45, 2.75) is 35.6 Å². The summed E-state index contributed by atoms with van der Waals surface area (Å²) in [5.74, 6) is 0. The second-order valence-corrected chi connectivity index (χ2v) is 6.89. The molecule has 0 spiro atoms. The Labute approximate surface area is 115 Å². The van der Waals surface area contributed by atoms with Gasteiger partial charge in [-0.3, -0.25) is 0 Å². The van der Waals surface area contributed by atoms with Crippen LogP contribution in [0.2, 0.25) is 0 Å². The van der Waals surface area contributed by atoms with Gasteiger partial charge in [-0.1, -0.05) is 6.07 Å². The molecule has 3 rings (SSSR count). The Morgan fingerprint density at radius 3 is 2.76 bits per heavy atom. The SMILES string of the molecule is Brc1cc(CNC2CC2)ccc1SC1COC1. The van der Waals surface area contributed by atoms with Crippen LogP contribution in [0.5, 0.6) is 0 Å². The van der Waals surface area contributed by atoms with Gasteiger partial charge in [-0.2, -0.15) is 0 Å². The number of hydrogen-bond acceptors (Lipinski definition) is 3. The van der Waals surface area contributed by atoms with Crippen LogP contribution >= 0.6 is 27.7 Å². The summed E-state index contributed by atoms with van der Waals surface area (Å²) in [6.45, 7) is 2.77. The number of halogens is 1. The first kappa shape index (κ1) is 12.0. The molecule has 2 nitrogen and oxygen atoms in total. The van der Waals surface area contributed by atoms with Crippen LogP contribution in [0.4, 0.5) is 0 Å². The molecule has 1 aliphatic carbocycles. The van der Waals surface area contributed by atoms with Gasteiger partial charge in [0.25, 0.3) is 0 Å². The van der Waals surface area contributed by atoms with Gasteiger partial charge in [0.2, 0.25) is 0 Å². The van der Waals surface area contributed by atoms with Gasteiger partial charge in [0, 0.05) is 22.0 Å². The zero-order valence-electron chi connectivity index (χ0n) is 9.62. The van der Waals surface area contributed by atoms with Crippen LogP contribution in [-0.4, -0.2) is 24.5 Å². The Bertz CT molecular complexity index is 404. The molecule has 4 heteroatoms. The molecule has 1 N–H and O–H groups in total. The Morgan fingerprint density at radius 1 is 1.35 bits per heavy atom. The normalized spacial score (nSPS) is 20.3. The van der Waals surface area contributed by atoms with E-state index in [-0.39, 0.29) is 0 Å².